The summed E-state index contributed by atoms with van der Waals surface area (Å²) in [6, 6.07) is 15.0. The lowest BCUT2D eigenvalue weighted by atomic mass is 10.2. The van der Waals surface area contributed by atoms with Gasteiger partial charge in [-0.2, -0.15) is 4.98 Å². The van der Waals surface area contributed by atoms with Gasteiger partial charge < -0.3 is 19.2 Å². The van der Waals surface area contributed by atoms with Crippen LogP contribution in [0.5, 0.6) is 11.5 Å². The number of hydrogen-bond donors (Lipinski definition) is 1. The van der Waals surface area contributed by atoms with E-state index in [9.17, 15) is 17.2 Å². The van der Waals surface area contributed by atoms with Gasteiger partial charge in [0.15, 0.2) is 11.5 Å². The van der Waals surface area contributed by atoms with Gasteiger partial charge >= 0.3 is 0 Å². The Morgan fingerprint density at radius 1 is 0.879 bits per heavy atom. The number of nitrogens with zero attached hydrogens (tertiary/aromatic N) is 1. The second-order valence-electron chi connectivity index (χ2n) is 7.16. The quantitative estimate of drug-likeness (QED) is 0.405. The van der Waals surface area contributed by atoms with Gasteiger partial charge in [0.2, 0.25) is 33.4 Å². The molecule has 168 valence electrons. The van der Waals surface area contributed by atoms with E-state index in [0.717, 1.165) is 29.8 Å². The van der Waals surface area contributed by atoms with Gasteiger partial charge in [-0.3, -0.25) is 0 Å². The Labute approximate surface area is 187 Å². The molecule has 2 heterocycles. The Morgan fingerprint density at radius 3 is 2.27 bits per heavy atom. The molecule has 0 atom stereocenters. The number of rotatable bonds is 6. The van der Waals surface area contributed by atoms with Crippen LogP contribution in [0, 0.1) is 11.6 Å². The summed E-state index contributed by atoms with van der Waals surface area (Å²) < 4.78 is 69.5. The zero-order chi connectivity index (χ0) is 23.0. The fraction of sp³-hybridized carbons (Fsp3) is 0.0870. The molecule has 0 saturated carbocycles. The minimum absolute atomic E-state index is 0.0103. The molecule has 4 aromatic rings. The van der Waals surface area contributed by atoms with Crippen molar-refractivity contribution in [2.75, 3.05) is 12.1 Å². The number of ether oxygens (including phenoxy) is 2. The van der Waals surface area contributed by atoms with Crippen molar-refractivity contribution < 1.29 is 31.1 Å². The summed E-state index contributed by atoms with van der Waals surface area (Å²) in [7, 11) is -4.15. The van der Waals surface area contributed by atoms with Crippen molar-refractivity contribution in [3.63, 3.8) is 0 Å². The SMILES string of the molecule is O=S(=O)(c1ccc(F)cc1)c1nc(-c2ccc(F)cc2)oc1NCc1ccc2c(c1)OCO2. The molecule has 1 aromatic heterocycles. The zero-order valence-electron chi connectivity index (χ0n) is 16.9. The lowest BCUT2D eigenvalue weighted by Gasteiger charge is -2.07. The predicted octanol–water partition coefficient (Wildman–Crippen LogP) is 4.79. The molecule has 0 saturated heterocycles. The van der Waals surface area contributed by atoms with E-state index in [2.05, 4.69) is 10.3 Å². The van der Waals surface area contributed by atoms with E-state index in [1.165, 1.54) is 24.3 Å². The Kier molecular flexibility index (Phi) is 5.21. The molecule has 0 amide bonds. The summed E-state index contributed by atoms with van der Waals surface area (Å²) >= 11 is 0. The summed E-state index contributed by atoms with van der Waals surface area (Å²) in [5, 5.41) is 2.59. The fourth-order valence-corrected chi connectivity index (χ4v) is 4.55. The van der Waals surface area contributed by atoms with Crippen molar-refractivity contribution in [2.24, 2.45) is 0 Å². The molecule has 0 radical (unpaired) electrons. The van der Waals surface area contributed by atoms with Crippen LogP contribution in [0.2, 0.25) is 0 Å². The number of aromatic nitrogens is 1. The Hall–Kier alpha value is -3.92. The van der Waals surface area contributed by atoms with Gasteiger partial charge in [-0.05, 0) is 66.2 Å². The molecule has 0 unspecified atom stereocenters. The van der Waals surface area contributed by atoms with E-state index >= 15 is 0 Å². The molecular weight excluding hydrogens is 454 g/mol. The monoisotopic (exact) mass is 470 g/mol. The van der Waals surface area contributed by atoms with E-state index in [1.807, 2.05) is 0 Å². The second kappa shape index (κ2) is 8.21. The first-order valence-corrected chi connectivity index (χ1v) is 11.3. The third-order valence-corrected chi connectivity index (χ3v) is 6.63. The standard InChI is InChI=1S/C23H16F2N2O5S/c24-16-4-2-15(3-5-16)21-27-23(33(28,29)18-8-6-17(25)7-9-18)22(32-21)26-12-14-1-10-19-20(11-14)31-13-30-19/h1-11,26H,12-13H2. The third kappa shape index (κ3) is 4.12. The summed E-state index contributed by atoms with van der Waals surface area (Å²) in [4.78, 5) is 4.03. The maximum atomic E-state index is 13.3. The molecule has 1 aliphatic rings. The van der Waals surface area contributed by atoms with Crippen molar-refractivity contribution in [3.8, 4) is 23.0 Å². The van der Waals surface area contributed by atoms with Crippen molar-refractivity contribution in [2.45, 2.75) is 16.5 Å². The number of fused-ring (bicyclic) bond motifs is 1. The van der Waals surface area contributed by atoms with Crippen LogP contribution < -0.4 is 14.8 Å². The normalized spacial score (nSPS) is 12.7. The molecule has 0 spiro atoms. The highest BCUT2D eigenvalue weighted by molar-refractivity contribution is 7.91. The Balaban J connectivity index is 1.52. The number of halogens is 2. The largest absolute Gasteiger partial charge is 0.454 e. The van der Waals surface area contributed by atoms with Crippen LogP contribution in [0.4, 0.5) is 14.7 Å². The van der Waals surface area contributed by atoms with Gasteiger partial charge in [0.1, 0.15) is 11.6 Å². The Bertz CT molecular complexity index is 1420. The number of benzene rings is 3. The van der Waals surface area contributed by atoms with Crippen LogP contribution in [-0.2, 0) is 16.4 Å². The van der Waals surface area contributed by atoms with Crippen LogP contribution in [0.25, 0.3) is 11.5 Å². The molecule has 1 aliphatic heterocycles. The average Bonchev–Trinajstić information content (AvgIpc) is 3.45. The van der Waals surface area contributed by atoms with Gasteiger partial charge in [0.25, 0.3) is 0 Å². The van der Waals surface area contributed by atoms with E-state index in [-0.39, 0.29) is 35.0 Å². The van der Waals surface area contributed by atoms with Gasteiger partial charge in [0, 0.05) is 12.1 Å². The Morgan fingerprint density at radius 2 is 1.55 bits per heavy atom. The van der Waals surface area contributed by atoms with E-state index in [0.29, 0.717) is 17.1 Å². The first kappa shape index (κ1) is 21.0. The summed E-state index contributed by atoms with van der Waals surface area (Å²) in [5.74, 6) is 0.0719. The average molecular weight is 470 g/mol. The number of oxazole rings is 1. The van der Waals surface area contributed by atoms with Crippen LogP contribution in [-0.4, -0.2) is 20.2 Å². The number of anilines is 1. The smallest absolute Gasteiger partial charge is 0.234 e. The van der Waals surface area contributed by atoms with Gasteiger partial charge in [0.05, 0.1) is 4.90 Å². The number of hydrogen-bond acceptors (Lipinski definition) is 7. The van der Waals surface area contributed by atoms with Gasteiger partial charge in [-0.25, -0.2) is 17.2 Å². The fourth-order valence-electron chi connectivity index (χ4n) is 3.27. The van der Waals surface area contributed by atoms with Crippen molar-refractivity contribution >= 4 is 15.7 Å². The zero-order valence-corrected chi connectivity index (χ0v) is 17.7. The number of sulfone groups is 1. The summed E-state index contributed by atoms with van der Waals surface area (Å²) in [6.45, 7) is 0.329. The molecule has 0 aliphatic carbocycles. The molecular formula is C23H16F2N2O5S. The molecule has 7 nitrogen and oxygen atoms in total. The molecule has 33 heavy (non-hydrogen) atoms. The topological polar surface area (TPSA) is 90.7 Å². The molecule has 10 heteroatoms. The van der Waals surface area contributed by atoms with Crippen molar-refractivity contribution in [1.82, 2.24) is 4.98 Å². The highest BCUT2D eigenvalue weighted by Gasteiger charge is 2.29. The lowest BCUT2D eigenvalue weighted by Crippen LogP contribution is -2.07. The highest BCUT2D eigenvalue weighted by Crippen LogP contribution is 2.35. The van der Waals surface area contributed by atoms with Crippen LogP contribution in [0.1, 0.15) is 5.56 Å². The van der Waals surface area contributed by atoms with Gasteiger partial charge in [-0.1, -0.05) is 6.07 Å². The van der Waals surface area contributed by atoms with E-state index in [4.69, 9.17) is 13.9 Å². The minimum Gasteiger partial charge on any atom is -0.454 e. The van der Waals surface area contributed by atoms with E-state index < -0.39 is 21.5 Å². The lowest BCUT2D eigenvalue weighted by molar-refractivity contribution is 0.174. The summed E-state index contributed by atoms with van der Waals surface area (Å²) in [6.07, 6.45) is 0. The third-order valence-electron chi connectivity index (χ3n) is 4.96. The van der Waals surface area contributed by atoms with Gasteiger partial charge in [-0.15, -0.1) is 0 Å². The maximum Gasteiger partial charge on any atom is 0.234 e. The minimum atomic E-state index is -4.15. The molecule has 3 aromatic carbocycles. The van der Waals surface area contributed by atoms with E-state index in [1.54, 1.807) is 18.2 Å². The first-order valence-electron chi connectivity index (χ1n) is 9.80. The van der Waals surface area contributed by atoms with Crippen LogP contribution in [0.15, 0.2) is 81.1 Å². The molecule has 0 fully saturated rings. The maximum absolute atomic E-state index is 13.3. The number of nitrogens with one attached hydrogen (secondary N) is 1. The predicted molar refractivity (Wildman–Crippen MR) is 114 cm³/mol. The highest BCUT2D eigenvalue weighted by atomic mass is 32.2. The van der Waals surface area contributed by atoms with Crippen LogP contribution >= 0.6 is 0 Å². The van der Waals surface area contributed by atoms with Crippen molar-refractivity contribution in [3.05, 3.63) is 83.9 Å². The second-order valence-corrected chi connectivity index (χ2v) is 9.02. The van der Waals surface area contributed by atoms with Crippen molar-refractivity contribution in [1.29, 1.82) is 0 Å². The molecule has 0 bridgehead atoms. The van der Waals surface area contributed by atoms with Crippen LogP contribution in [0.3, 0.4) is 0 Å². The molecule has 1 N–H and O–H groups in total. The summed E-state index contributed by atoms with van der Waals surface area (Å²) in [5.41, 5.74) is 1.17. The molecule has 5 rings (SSSR count). The first-order chi connectivity index (χ1) is 15.9.